The van der Waals surface area contributed by atoms with Gasteiger partial charge in [0.05, 0.1) is 11.3 Å². The molecule has 0 aliphatic heterocycles. The summed E-state index contributed by atoms with van der Waals surface area (Å²) in [7, 11) is -3.22. The molecule has 0 aliphatic rings. The van der Waals surface area contributed by atoms with Gasteiger partial charge in [-0.25, -0.2) is 8.42 Å². The van der Waals surface area contributed by atoms with Crippen LogP contribution in [0.3, 0.4) is 0 Å². The van der Waals surface area contributed by atoms with E-state index >= 15 is 0 Å². The van der Waals surface area contributed by atoms with Crippen molar-refractivity contribution in [1.29, 1.82) is 0 Å². The molecule has 2 aromatic rings. The van der Waals surface area contributed by atoms with Gasteiger partial charge in [-0.2, -0.15) is 0 Å². The zero-order valence-corrected chi connectivity index (χ0v) is 15.3. The molecule has 128 valence electrons. The Morgan fingerprint density at radius 2 is 1.58 bits per heavy atom. The van der Waals surface area contributed by atoms with E-state index < -0.39 is 9.84 Å². The third kappa shape index (κ3) is 4.68. The van der Waals surface area contributed by atoms with Gasteiger partial charge < -0.3 is 5.32 Å². The third-order valence-corrected chi connectivity index (χ3v) is 4.85. The quantitative estimate of drug-likeness (QED) is 0.921. The number of amides is 1. The molecule has 0 aromatic heterocycles. The topological polar surface area (TPSA) is 63.2 Å². The smallest absolute Gasteiger partial charge is 0.228 e. The molecule has 24 heavy (non-hydrogen) atoms. The van der Waals surface area contributed by atoms with E-state index in [1.165, 1.54) is 12.1 Å². The molecule has 0 radical (unpaired) electrons. The average Bonchev–Trinajstić information content (AvgIpc) is 2.46. The van der Waals surface area contributed by atoms with Crippen LogP contribution in [0.25, 0.3) is 0 Å². The van der Waals surface area contributed by atoms with Gasteiger partial charge in [0.25, 0.3) is 0 Å². The van der Waals surface area contributed by atoms with Crippen LogP contribution in [0.5, 0.6) is 0 Å². The first-order valence-corrected chi connectivity index (χ1v) is 9.65. The normalized spacial score (nSPS) is 12.0. The second-order valence-electron chi connectivity index (χ2n) is 6.94. The van der Waals surface area contributed by atoms with E-state index in [0.717, 1.165) is 23.1 Å². The number of carbonyl (C=O) groups is 1. The molecule has 4 nitrogen and oxygen atoms in total. The summed E-state index contributed by atoms with van der Waals surface area (Å²) in [6.07, 6.45) is 1.36. The predicted molar refractivity (Wildman–Crippen MR) is 97.0 cm³/mol. The molecule has 1 N–H and O–H groups in total. The number of hydrogen-bond donors (Lipinski definition) is 1. The van der Waals surface area contributed by atoms with E-state index in [2.05, 4.69) is 26.1 Å². The highest BCUT2D eigenvalue weighted by atomic mass is 32.2. The van der Waals surface area contributed by atoms with E-state index in [9.17, 15) is 13.2 Å². The average molecular weight is 345 g/mol. The maximum Gasteiger partial charge on any atom is 0.228 e. The van der Waals surface area contributed by atoms with Gasteiger partial charge >= 0.3 is 0 Å². The summed E-state index contributed by atoms with van der Waals surface area (Å²) >= 11 is 0. The molecule has 0 saturated heterocycles. The molecule has 2 aromatic carbocycles. The summed E-state index contributed by atoms with van der Waals surface area (Å²) < 4.78 is 22.9. The number of hydrogen-bond acceptors (Lipinski definition) is 3. The van der Waals surface area contributed by atoms with Crippen molar-refractivity contribution < 1.29 is 13.2 Å². The molecule has 0 bridgehead atoms. The molecule has 0 unspecified atom stereocenters. The first-order chi connectivity index (χ1) is 11.1. The number of benzene rings is 2. The van der Waals surface area contributed by atoms with Crippen LogP contribution in [0.1, 0.15) is 31.9 Å². The number of rotatable bonds is 4. The third-order valence-electron chi connectivity index (χ3n) is 3.73. The lowest BCUT2D eigenvalue weighted by molar-refractivity contribution is -0.115. The van der Waals surface area contributed by atoms with Crippen molar-refractivity contribution in [2.45, 2.75) is 37.5 Å². The fourth-order valence-electron chi connectivity index (χ4n) is 2.48. The second-order valence-corrected chi connectivity index (χ2v) is 8.95. The molecule has 5 heteroatoms. The van der Waals surface area contributed by atoms with Crippen LogP contribution in [-0.2, 0) is 26.5 Å². The van der Waals surface area contributed by atoms with Crippen LogP contribution in [0, 0.1) is 0 Å². The summed E-state index contributed by atoms with van der Waals surface area (Å²) in [5, 5.41) is 2.95. The Balaban J connectivity index is 2.12. The Morgan fingerprint density at radius 1 is 1.00 bits per heavy atom. The highest BCUT2D eigenvalue weighted by Gasteiger charge is 2.18. The van der Waals surface area contributed by atoms with E-state index in [1.807, 2.05) is 24.3 Å². The van der Waals surface area contributed by atoms with Gasteiger partial charge in [0, 0.05) is 11.9 Å². The van der Waals surface area contributed by atoms with E-state index in [1.54, 1.807) is 12.1 Å². The first-order valence-electron chi connectivity index (χ1n) is 7.76. The lowest BCUT2D eigenvalue weighted by Gasteiger charge is -2.23. The SMILES string of the molecule is CC(C)(C)c1ccccc1NC(=O)Cc1ccc(S(C)(=O)=O)cc1. The van der Waals surface area contributed by atoms with Crippen molar-refractivity contribution in [1.82, 2.24) is 0 Å². The minimum Gasteiger partial charge on any atom is -0.326 e. The number of nitrogens with one attached hydrogen (secondary N) is 1. The Kier molecular flexibility index (Phi) is 5.13. The Bertz CT molecular complexity index is 832. The largest absolute Gasteiger partial charge is 0.326 e. The maximum atomic E-state index is 12.3. The highest BCUT2D eigenvalue weighted by molar-refractivity contribution is 7.90. The molecule has 0 spiro atoms. The van der Waals surface area contributed by atoms with Crippen LogP contribution in [0.2, 0.25) is 0 Å². The Morgan fingerprint density at radius 3 is 2.12 bits per heavy atom. The van der Waals surface area contributed by atoms with Crippen molar-refractivity contribution in [2.75, 3.05) is 11.6 Å². The van der Waals surface area contributed by atoms with Crippen LogP contribution >= 0.6 is 0 Å². The zero-order valence-electron chi connectivity index (χ0n) is 14.5. The van der Waals surface area contributed by atoms with Crippen LogP contribution in [0.4, 0.5) is 5.69 Å². The summed E-state index contributed by atoms with van der Waals surface area (Å²) in [4.78, 5) is 12.6. The van der Waals surface area contributed by atoms with Crippen LogP contribution in [0.15, 0.2) is 53.4 Å². The van der Waals surface area contributed by atoms with Gasteiger partial charge in [-0.3, -0.25) is 4.79 Å². The van der Waals surface area contributed by atoms with E-state index in [0.29, 0.717) is 0 Å². The molecular weight excluding hydrogens is 322 g/mol. The number of anilines is 1. The van der Waals surface area contributed by atoms with Gasteiger partial charge in [0.1, 0.15) is 0 Å². The number of sulfone groups is 1. The second kappa shape index (κ2) is 6.77. The summed E-state index contributed by atoms with van der Waals surface area (Å²) in [5.74, 6) is -0.126. The molecule has 2 rings (SSSR count). The van der Waals surface area contributed by atoms with Crippen molar-refractivity contribution >= 4 is 21.4 Å². The molecule has 0 fully saturated rings. The van der Waals surface area contributed by atoms with E-state index in [4.69, 9.17) is 0 Å². The molecule has 0 saturated carbocycles. The zero-order chi connectivity index (χ0) is 18.0. The van der Waals surface area contributed by atoms with Crippen LogP contribution < -0.4 is 5.32 Å². The number of carbonyl (C=O) groups excluding carboxylic acids is 1. The molecular formula is C19H23NO3S. The minimum atomic E-state index is -3.22. The van der Waals surface area contributed by atoms with Gasteiger partial charge in [-0.05, 0) is 34.7 Å². The highest BCUT2D eigenvalue weighted by Crippen LogP contribution is 2.29. The molecule has 1 amide bonds. The molecule has 0 heterocycles. The van der Waals surface area contributed by atoms with Crippen molar-refractivity contribution in [3.05, 3.63) is 59.7 Å². The summed E-state index contributed by atoms with van der Waals surface area (Å²) in [6.45, 7) is 6.30. The van der Waals surface area contributed by atoms with Gasteiger partial charge in [0.15, 0.2) is 9.84 Å². The van der Waals surface area contributed by atoms with Gasteiger partial charge in [-0.15, -0.1) is 0 Å². The Hall–Kier alpha value is -2.14. The fraction of sp³-hybridized carbons (Fsp3) is 0.316. The monoisotopic (exact) mass is 345 g/mol. The van der Waals surface area contributed by atoms with Crippen molar-refractivity contribution in [3.8, 4) is 0 Å². The summed E-state index contributed by atoms with van der Waals surface area (Å²) in [6, 6.07) is 14.2. The van der Waals surface area contributed by atoms with E-state index in [-0.39, 0.29) is 22.6 Å². The fourth-order valence-corrected chi connectivity index (χ4v) is 3.11. The van der Waals surface area contributed by atoms with Gasteiger partial charge in [0.2, 0.25) is 5.91 Å². The summed E-state index contributed by atoms with van der Waals surface area (Å²) in [5.41, 5.74) is 2.59. The number of para-hydroxylation sites is 1. The lowest BCUT2D eigenvalue weighted by Crippen LogP contribution is -2.19. The molecule has 0 aliphatic carbocycles. The van der Waals surface area contributed by atoms with Gasteiger partial charge in [-0.1, -0.05) is 51.1 Å². The Labute approximate surface area is 143 Å². The molecule has 0 atom stereocenters. The standard InChI is InChI=1S/C19H23NO3S/c1-19(2,3)16-7-5-6-8-17(16)20-18(21)13-14-9-11-15(12-10-14)24(4,22)23/h5-12H,13H2,1-4H3,(H,20,21). The first kappa shape index (κ1) is 18.2. The van der Waals surface area contributed by atoms with Crippen LogP contribution in [-0.4, -0.2) is 20.6 Å². The lowest BCUT2D eigenvalue weighted by atomic mass is 9.86. The maximum absolute atomic E-state index is 12.3. The minimum absolute atomic E-state index is 0.0684. The predicted octanol–water partition coefficient (Wildman–Crippen LogP) is 3.57. The van der Waals surface area contributed by atoms with Crippen molar-refractivity contribution in [3.63, 3.8) is 0 Å². The van der Waals surface area contributed by atoms with Crippen molar-refractivity contribution in [2.24, 2.45) is 0 Å².